The van der Waals surface area contributed by atoms with Crippen LogP contribution < -0.4 is 0 Å². The Morgan fingerprint density at radius 1 is 0.576 bits per heavy atom. The van der Waals surface area contributed by atoms with Crippen LogP contribution in [0.2, 0.25) is 0 Å². The van der Waals surface area contributed by atoms with Gasteiger partial charge < -0.3 is 42.6 Å². The predicted octanol–water partition coefficient (Wildman–Crippen LogP) is 0.00160. The Morgan fingerprint density at radius 2 is 0.909 bits per heavy atom. The second kappa shape index (κ2) is 16.9. The molecule has 190 valence electrons. The highest BCUT2D eigenvalue weighted by Gasteiger charge is 2.54. The largest absolute Gasteiger partial charge is 0.463 e. The number of methoxy groups -OCH3 is 2. The first kappa shape index (κ1) is 27.6. The summed E-state index contributed by atoms with van der Waals surface area (Å²) in [5.41, 5.74) is 0. The lowest BCUT2D eigenvalue weighted by molar-refractivity contribution is -0.161. The van der Waals surface area contributed by atoms with E-state index in [1.165, 1.54) is 0 Å². The van der Waals surface area contributed by atoms with Crippen LogP contribution in [0.4, 0.5) is 0 Å². The molecule has 0 aromatic rings. The molecule has 33 heavy (non-hydrogen) atoms. The fraction of sp³-hybridized carbons (Fsp3) is 0.818. The molecule has 0 spiro atoms. The van der Waals surface area contributed by atoms with Gasteiger partial charge in [-0.05, 0) is 0 Å². The van der Waals surface area contributed by atoms with Crippen molar-refractivity contribution in [2.45, 2.75) is 12.2 Å². The van der Waals surface area contributed by atoms with E-state index in [2.05, 4.69) is 0 Å². The number of carbonyl (C=O) groups excluding carboxylic acids is 2. The lowest BCUT2D eigenvalue weighted by atomic mass is 9.83. The summed E-state index contributed by atoms with van der Waals surface area (Å²) in [6.07, 6.45) is 2.58. The van der Waals surface area contributed by atoms with E-state index in [0.29, 0.717) is 52.9 Å². The van der Waals surface area contributed by atoms with Gasteiger partial charge in [-0.3, -0.25) is 9.59 Å². The van der Waals surface area contributed by atoms with Crippen molar-refractivity contribution in [1.29, 1.82) is 0 Å². The van der Waals surface area contributed by atoms with Crippen LogP contribution in [0, 0.1) is 11.8 Å². The maximum Gasteiger partial charge on any atom is 0.313 e. The second-order valence-electron chi connectivity index (χ2n) is 7.27. The molecule has 0 radical (unpaired) electrons. The van der Waals surface area contributed by atoms with Crippen molar-refractivity contribution < 1.29 is 52.2 Å². The summed E-state index contributed by atoms with van der Waals surface area (Å²) >= 11 is 0. The van der Waals surface area contributed by atoms with Gasteiger partial charge in [-0.2, -0.15) is 0 Å². The third-order valence-electron chi connectivity index (χ3n) is 5.00. The molecule has 2 aliphatic heterocycles. The summed E-state index contributed by atoms with van der Waals surface area (Å²) in [7, 11) is 3.21. The van der Waals surface area contributed by atoms with Gasteiger partial charge in [0.25, 0.3) is 0 Å². The first-order valence-electron chi connectivity index (χ1n) is 11.1. The number of fused-ring (bicyclic) bond motifs is 2. The third-order valence-corrected chi connectivity index (χ3v) is 5.00. The average Bonchev–Trinajstić information content (AvgIpc) is 3.43. The molecule has 2 rings (SSSR count). The molecule has 2 aliphatic rings. The molecule has 0 saturated carbocycles. The summed E-state index contributed by atoms with van der Waals surface area (Å²) < 4.78 is 47.3. The zero-order chi connectivity index (χ0) is 23.7. The molecular weight excluding hydrogens is 440 g/mol. The number of rotatable bonds is 20. The summed E-state index contributed by atoms with van der Waals surface area (Å²) in [5.74, 6) is -2.48. The van der Waals surface area contributed by atoms with E-state index in [1.54, 1.807) is 26.4 Å². The van der Waals surface area contributed by atoms with Crippen LogP contribution in [0.15, 0.2) is 12.2 Å². The number of hydrogen-bond donors (Lipinski definition) is 0. The van der Waals surface area contributed by atoms with Crippen LogP contribution in [0.3, 0.4) is 0 Å². The van der Waals surface area contributed by atoms with Gasteiger partial charge in [0, 0.05) is 14.2 Å². The average molecular weight is 477 g/mol. The topological polar surface area (TPSA) is 117 Å². The lowest BCUT2D eigenvalue weighted by Crippen LogP contribution is -2.39. The van der Waals surface area contributed by atoms with Gasteiger partial charge >= 0.3 is 11.9 Å². The van der Waals surface area contributed by atoms with Gasteiger partial charge in [0.05, 0.1) is 78.3 Å². The SMILES string of the molecule is COCCOCCOCCOC(=O)C1C(C(=O)OCCOCCOCCOC)[C@H]2C=C[C@@H]1O2. The van der Waals surface area contributed by atoms with Crippen molar-refractivity contribution in [3.05, 3.63) is 12.2 Å². The smallest absolute Gasteiger partial charge is 0.313 e. The minimum Gasteiger partial charge on any atom is -0.463 e. The highest BCUT2D eigenvalue weighted by Crippen LogP contribution is 2.40. The molecule has 0 amide bonds. The number of hydrogen-bond acceptors (Lipinski definition) is 11. The number of carbonyl (C=O) groups is 2. The van der Waals surface area contributed by atoms with Gasteiger partial charge in [0.2, 0.25) is 0 Å². The normalized spacial score (nSPS) is 23.2. The van der Waals surface area contributed by atoms with Crippen molar-refractivity contribution >= 4 is 11.9 Å². The summed E-state index contributed by atoms with van der Waals surface area (Å²) in [6, 6.07) is 0. The Labute approximate surface area is 194 Å². The Balaban J connectivity index is 1.60. The van der Waals surface area contributed by atoms with Crippen molar-refractivity contribution in [1.82, 2.24) is 0 Å². The van der Waals surface area contributed by atoms with Crippen LogP contribution in [0.5, 0.6) is 0 Å². The van der Waals surface area contributed by atoms with Crippen LogP contribution in [0.1, 0.15) is 0 Å². The van der Waals surface area contributed by atoms with E-state index in [-0.39, 0.29) is 26.4 Å². The van der Waals surface area contributed by atoms with Crippen LogP contribution in [-0.4, -0.2) is 118 Å². The Kier molecular flexibility index (Phi) is 14.2. The summed E-state index contributed by atoms with van der Waals surface area (Å²) in [6.45, 7) is 4.32. The molecule has 11 nitrogen and oxygen atoms in total. The molecule has 0 aromatic carbocycles. The minimum atomic E-state index is -0.736. The summed E-state index contributed by atoms with van der Waals surface area (Å²) in [4.78, 5) is 25.2. The van der Waals surface area contributed by atoms with Crippen molar-refractivity contribution in [3.63, 3.8) is 0 Å². The van der Waals surface area contributed by atoms with Crippen molar-refractivity contribution in [3.8, 4) is 0 Å². The molecule has 0 aliphatic carbocycles. The standard InChI is InChI=1S/C22H36O11/c1-25-5-7-27-9-11-29-13-15-31-21(23)19-17-3-4-18(33-17)20(19)22(24)32-16-14-30-12-10-28-8-6-26-2/h3-4,17-20H,5-16H2,1-2H3/t17-,18+,19?,20?. The Bertz CT molecular complexity index is 535. The van der Waals surface area contributed by atoms with Crippen molar-refractivity contribution in [2.75, 3.05) is 93.5 Å². The predicted molar refractivity (Wildman–Crippen MR) is 114 cm³/mol. The molecule has 11 heteroatoms. The van der Waals surface area contributed by atoms with E-state index in [9.17, 15) is 9.59 Å². The van der Waals surface area contributed by atoms with Gasteiger partial charge in [-0.1, -0.05) is 12.2 Å². The van der Waals surface area contributed by atoms with E-state index in [1.807, 2.05) is 0 Å². The van der Waals surface area contributed by atoms with E-state index in [4.69, 9.17) is 42.6 Å². The van der Waals surface area contributed by atoms with Gasteiger partial charge in [0.1, 0.15) is 25.0 Å². The van der Waals surface area contributed by atoms with Gasteiger partial charge in [-0.25, -0.2) is 0 Å². The molecule has 2 unspecified atom stereocenters. The molecule has 2 heterocycles. The van der Waals surface area contributed by atoms with E-state index in [0.717, 1.165) is 0 Å². The zero-order valence-corrected chi connectivity index (χ0v) is 19.4. The quantitative estimate of drug-likeness (QED) is 0.134. The molecule has 0 aromatic heterocycles. The second-order valence-corrected chi connectivity index (χ2v) is 7.27. The number of ether oxygens (including phenoxy) is 9. The first-order valence-corrected chi connectivity index (χ1v) is 11.1. The van der Waals surface area contributed by atoms with Crippen LogP contribution in [0.25, 0.3) is 0 Å². The first-order chi connectivity index (χ1) is 16.2. The van der Waals surface area contributed by atoms with Crippen LogP contribution >= 0.6 is 0 Å². The maximum atomic E-state index is 12.6. The molecule has 2 bridgehead atoms. The highest BCUT2D eigenvalue weighted by molar-refractivity contribution is 5.85. The lowest BCUT2D eigenvalue weighted by Gasteiger charge is -2.22. The molecular formula is C22H36O11. The highest BCUT2D eigenvalue weighted by atomic mass is 16.6. The van der Waals surface area contributed by atoms with Gasteiger partial charge in [-0.15, -0.1) is 0 Å². The maximum absolute atomic E-state index is 12.6. The molecule has 4 atom stereocenters. The Hall–Kier alpha value is -1.60. The van der Waals surface area contributed by atoms with E-state index >= 15 is 0 Å². The zero-order valence-electron chi connectivity index (χ0n) is 19.4. The third kappa shape index (κ3) is 10.0. The molecule has 1 saturated heterocycles. The molecule has 0 N–H and O–H groups in total. The monoisotopic (exact) mass is 476 g/mol. The van der Waals surface area contributed by atoms with Gasteiger partial charge in [0.15, 0.2) is 0 Å². The van der Waals surface area contributed by atoms with Crippen molar-refractivity contribution in [2.24, 2.45) is 11.8 Å². The fourth-order valence-electron chi connectivity index (χ4n) is 3.39. The Morgan fingerprint density at radius 3 is 1.27 bits per heavy atom. The van der Waals surface area contributed by atoms with Crippen LogP contribution in [-0.2, 0) is 52.2 Å². The summed E-state index contributed by atoms with van der Waals surface area (Å²) in [5, 5.41) is 0. The minimum absolute atomic E-state index is 0.0799. The number of esters is 2. The molecule has 1 fully saturated rings. The fourth-order valence-corrected chi connectivity index (χ4v) is 3.39. The van der Waals surface area contributed by atoms with E-state index < -0.39 is 36.0 Å².